The number of hydrogen-bond acceptors (Lipinski definition) is 13. The van der Waals surface area contributed by atoms with Crippen LogP contribution in [0.3, 0.4) is 0 Å². The maximum absolute atomic E-state index is 12.0. The molecule has 0 spiro atoms. The molecule has 2 aromatic carbocycles. The molecule has 59 heavy (non-hydrogen) atoms. The molecule has 0 aromatic heterocycles. The third kappa shape index (κ3) is 32.0. The second-order valence-corrected chi connectivity index (χ2v) is 17.0. The van der Waals surface area contributed by atoms with E-state index in [1.54, 1.807) is 28.0 Å². The molecule has 2 aromatic rings. The molecule has 1 N–H and O–H groups in total. The Morgan fingerprint density at radius 3 is 1.46 bits per heavy atom. The van der Waals surface area contributed by atoms with Gasteiger partial charge in [-0.15, -0.1) is 0 Å². The molecule has 2 saturated heterocycles. The van der Waals surface area contributed by atoms with Crippen LogP contribution in [0.25, 0.3) is 0 Å². The maximum Gasteiger partial charge on any atom is 1.00 e. The zero-order valence-electron chi connectivity index (χ0n) is 35.3. The van der Waals surface area contributed by atoms with Crippen LogP contribution in [0.4, 0.5) is 9.59 Å². The van der Waals surface area contributed by atoms with Crippen molar-refractivity contribution in [3.63, 3.8) is 0 Å². The first-order valence-corrected chi connectivity index (χ1v) is 20.2. The van der Waals surface area contributed by atoms with Gasteiger partial charge in [0, 0.05) is 104 Å². The summed E-state index contributed by atoms with van der Waals surface area (Å²) in [6, 6.07) is 11.0. The molecule has 2 aliphatic rings. The zero-order valence-corrected chi connectivity index (χ0v) is 42.0. The SMILES string of the molecule is CC(=O)OOC(C)=O.CC(C)(C)OC(=O)N1CCN(Cc2cc(Cl)cc(Br)c2)CC1.CC(C)(C)OC(=O)N1CCNCC1.O=Cc1cc(Cl)cc(Br)c1.[B-]OC(C)=O.[Na+]. The number of piperazine rings is 2. The van der Waals surface area contributed by atoms with E-state index in [1.807, 2.05) is 53.7 Å². The van der Waals surface area contributed by atoms with E-state index in [0.29, 0.717) is 23.7 Å². The van der Waals surface area contributed by atoms with Crippen molar-refractivity contribution in [1.82, 2.24) is 20.0 Å². The van der Waals surface area contributed by atoms with Gasteiger partial charge in [0.25, 0.3) is 0 Å². The molecule has 2 aliphatic heterocycles. The summed E-state index contributed by atoms with van der Waals surface area (Å²) in [6.07, 6.45) is 0.336. The minimum atomic E-state index is -0.639. The fourth-order valence-corrected chi connectivity index (χ4v) is 6.13. The van der Waals surface area contributed by atoms with Crippen molar-refractivity contribution >= 4 is 99.5 Å². The monoisotopic (exact) mass is 1000 g/mol. The van der Waals surface area contributed by atoms with Gasteiger partial charge in [0.2, 0.25) is 5.97 Å². The minimum absolute atomic E-state index is 0. The van der Waals surface area contributed by atoms with Crippen LogP contribution >= 0.6 is 55.1 Å². The average molecular weight is 1010 g/mol. The van der Waals surface area contributed by atoms with Gasteiger partial charge >= 0.3 is 53.7 Å². The normalized spacial score (nSPS) is 13.5. The summed E-state index contributed by atoms with van der Waals surface area (Å²) in [5.41, 5.74) is 0.924. The Morgan fingerprint density at radius 1 is 0.695 bits per heavy atom. The van der Waals surface area contributed by atoms with E-state index in [0.717, 1.165) is 79.9 Å². The Labute approximate surface area is 397 Å². The van der Waals surface area contributed by atoms with E-state index >= 15 is 0 Å². The summed E-state index contributed by atoms with van der Waals surface area (Å²) in [5, 5.41) is 4.48. The molecule has 2 fully saturated rings. The van der Waals surface area contributed by atoms with Gasteiger partial charge in [-0.25, -0.2) is 29.0 Å². The summed E-state index contributed by atoms with van der Waals surface area (Å²) < 4.78 is 16.1. The average Bonchev–Trinajstić information content (AvgIpc) is 3.10. The predicted octanol–water partition coefficient (Wildman–Crippen LogP) is 4.56. The van der Waals surface area contributed by atoms with E-state index in [2.05, 4.69) is 70.6 Å². The van der Waals surface area contributed by atoms with Crippen molar-refractivity contribution < 1.29 is 82.2 Å². The number of ether oxygens (including phenoxy) is 2. The maximum atomic E-state index is 12.0. The van der Waals surface area contributed by atoms with Crippen LogP contribution in [0, 0.1) is 0 Å². The van der Waals surface area contributed by atoms with Crippen molar-refractivity contribution in [1.29, 1.82) is 0 Å². The number of amides is 2. The fraction of sp³-hybridized carbons (Fsp3) is 0.526. The number of carbonyl (C=O) groups is 6. The third-order valence-corrected chi connectivity index (χ3v) is 7.94. The molecular weight excluding hydrogens is 953 g/mol. The van der Waals surface area contributed by atoms with Crippen LogP contribution in [0.2, 0.25) is 10.0 Å². The summed E-state index contributed by atoms with van der Waals surface area (Å²) in [5.74, 6) is -1.74. The van der Waals surface area contributed by atoms with E-state index in [-0.39, 0.29) is 47.3 Å². The Bertz CT molecular complexity index is 1580. The molecule has 0 bridgehead atoms. The van der Waals surface area contributed by atoms with Crippen molar-refractivity contribution in [3.05, 3.63) is 66.5 Å². The third-order valence-electron chi connectivity index (χ3n) is 6.58. The second-order valence-electron chi connectivity index (χ2n) is 14.3. The van der Waals surface area contributed by atoms with E-state index in [4.69, 9.17) is 32.7 Å². The number of carbonyl (C=O) groups excluding carboxylic acids is 6. The first kappa shape index (κ1) is 58.7. The smallest absolute Gasteiger partial charge is 0.793 e. The van der Waals surface area contributed by atoms with E-state index in [1.165, 1.54) is 12.5 Å². The number of nitrogens with zero attached hydrogens (tertiary/aromatic N) is 3. The Morgan fingerprint density at radius 2 is 1.10 bits per heavy atom. The molecule has 4 rings (SSSR count). The number of halogens is 4. The quantitative estimate of drug-likeness (QED) is 0.197. The van der Waals surface area contributed by atoms with Crippen LogP contribution in [0.15, 0.2) is 45.3 Å². The number of aldehydes is 1. The molecule has 2 amide bonds. The van der Waals surface area contributed by atoms with Gasteiger partial charge in [-0.2, -0.15) is 0 Å². The van der Waals surface area contributed by atoms with Crippen molar-refractivity contribution in [2.45, 2.75) is 80.1 Å². The molecule has 323 valence electrons. The van der Waals surface area contributed by atoms with Crippen molar-refractivity contribution in [2.75, 3.05) is 52.4 Å². The molecule has 0 aliphatic carbocycles. The van der Waals surface area contributed by atoms with Crippen LogP contribution in [0.1, 0.15) is 78.2 Å². The van der Waals surface area contributed by atoms with Gasteiger partial charge in [-0.3, -0.25) is 14.5 Å². The first-order chi connectivity index (χ1) is 26.8. The molecule has 21 heteroatoms. The molecular formula is C38H53BBr2Cl2N4NaO11. The summed E-state index contributed by atoms with van der Waals surface area (Å²) in [6.45, 7) is 21.9. The number of nitrogens with one attached hydrogen (secondary N) is 1. The Balaban J connectivity index is 0. The van der Waals surface area contributed by atoms with E-state index in [9.17, 15) is 28.8 Å². The summed E-state index contributed by atoms with van der Waals surface area (Å²) in [4.78, 5) is 76.4. The Kier molecular flexibility index (Phi) is 30.4. The van der Waals surface area contributed by atoms with Crippen molar-refractivity contribution in [3.8, 4) is 0 Å². The van der Waals surface area contributed by atoms with Gasteiger partial charge < -0.3 is 37.3 Å². The summed E-state index contributed by atoms with van der Waals surface area (Å²) in [7, 11) is 4.32. The van der Waals surface area contributed by atoms with Crippen molar-refractivity contribution in [2.24, 2.45) is 0 Å². The standard InChI is InChI=1S/C16H22BrClN2O2.C9H18N2O2.C7H4BrClO.C4H6O4.C2H3BO2.Na/c1-16(2,3)22-15(21)20-6-4-19(5-7-20)11-12-8-13(17)10-14(18)9-12;1-9(2,3)13-8(12)11-6-4-10-5-7-11;8-6-1-5(4-10)2-7(9)3-6;1-3(5)7-8-4(2)6;1-2(4)5-3;/h8-10H,4-7,11H2,1-3H3;10H,4-7H2,1-3H3;1-4H;1-2H3;1H3;/q;;;;-1;+1. The topological polar surface area (TPSA) is 170 Å². The van der Waals surface area contributed by atoms with Gasteiger partial charge in [0.15, 0.2) is 0 Å². The van der Waals surface area contributed by atoms with Crippen LogP contribution in [0.5, 0.6) is 0 Å². The van der Waals surface area contributed by atoms with E-state index < -0.39 is 23.5 Å². The minimum Gasteiger partial charge on any atom is -0.793 e. The molecule has 0 saturated carbocycles. The van der Waals surface area contributed by atoms with Gasteiger partial charge in [0.1, 0.15) is 17.5 Å². The predicted molar refractivity (Wildman–Crippen MR) is 229 cm³/mol. The molecule has 0 unspecified atom stereocenters. The second kappa shape index (κ2) is 30.6. The van der Waals surface area contributed by atoms with Gasteiger partial charge in [-0.1, -0.05) is 55.1 Å². The fourth-order valence-electron chi connectivity index (χ4n) is 4.31. The Hall–Kier alpha value is -2.42. The molecule has 15 nitrogen and oxygen atoms in total. The molecule has 0 atom stereocenters. The van der Waals surface area contributed by atoms with Crippen LogP contribution in [-0.4, -0.2) is 123 Å². The number of rotatable bonds is 3. The van der Waals surface area contributed by atoms with Gasteiger partial charge in [-0.05, 0) is 83.5 Å². The van der Waals surface area contributed by atoms with Gasteiger partial charge in [0.05, 0.1) is 0 Å². The molecule has 2 heterocycles. The largest absolute Gasteiger partial charge is 1.00 e. The zero-order chi connectivity index (χ0) is 44.6. The number of hydrogen-bond donors (Lipinski definition) is 1. The molecule has 3 radical (unpaired) electrons. The van der Waals surface area contributed by atoms with Crippen LogP contribution < -0.4 is 34.9 Å². The van der Waals surface area contributed by atoms with Crippen LogP contribution in [-0.2, 0) is 44.8 Å². The number of benzene rings is 2. The first-order valence-electron chi connectivity index (χ1n) is 17.8. The summed E-state index contributed by atoms with van der Waals surface area (Å²) >= 11 is 18.4.